The molecule has 6 atom stereocenters. The monoisotopic (exact) mass is 1620 g/mol. The van der Waals surface area contributed by atoms with Gasteiger partial charge >= 0.3 is 29.8 Å². The Hall–Kier alpha value is -6.16. The van der Waals surface area contributed by atoms with Crippen LogP contribution in [0, 0.1) is 34.5 Å². The van der Waals surface area contributed by atoms with E-state index in [1.807, 2.05) is 71.4 Å². The fraction of sp³-hybridized carbons (Fsp3) is 0.478. The first-order chi connectivity index (χ1) is 48.1. The zero-order valence-electron chi connectivity index (χ0n) is 57.2. The minimum atomic E-state index is -6.09. The number of quaternary nitrogens is 1. The number of hydrogen-bond acceptors (Lipinski definition) is 19. The average molecular weight is 1620 g/mol. The molecule has 2 N–H and O–H groups in total. The molecule has 8 bridgehead atoms. The normalized spacial score (nSPS) is 24.4. The molecule has 0 amide bonds. The third-order valence-corrected chi connectivity index (χ3v) is 27.0. The van der Waals surface area contributed by atoms with Gasteiger partial charge in [-0.05, 0) is 149 Å². The van der Waals surface area contributed by atoms with E-state index in [-0.39, 0.29) is 13.2 Å². The Morgan fingerprint density at radius 1 is 0.495 bits per heavy atom. The van der Waals surface area contributed by atoms with Crippen molar-refractivity contribution in [3.63, 3.8) is 0 Å². The number of aliphatic hydroxyl groups is 2. The van der Waals surface area contributed by atoms with Crippen LogP contribution < -0.4 is 0 Å². The molecule has 8 fully saturated rings. The first-order valence-corrected chi connectivity index (χ1v) is 43.4. The van der Waals surface area contributed by atoms with Gasteiger partial charge in [0.05, 0.1) is 95.8 Å². The van der Waals surface area contributed by atoms with Crippen LogP contribution in [-0.4, -0.2) is 157 Å². The van der Waals surface area contributed by atoms with E-state index < -0.39 is 155 Å². The summed E-state index contributed by atoms with van der Waals surface area (Å²) in [7, 11) is -17.4. The van der Waals surface area contributed by atoms with Gasteiger partial charge < -0.3 is 37.8 Å². The van der Waals surface area contributed by atoms with Crippen LogP contribution in [0.3, 0.4) is 0 Å². The Bertz CT molecular complexity index is 4620. The molecule has 0 aliphatic heterocycles. The van der Waals surface area contributed by atoms with E-state index in [1.165, 1.54) is 17.7 Å². The zero-order chi connectivity index (χ0) is 78.2. The zero-order valence-corrected chi connectivity index (χ0v) is 62.9. The first-order valence-electron chi connectivity index (χ1n) is 32.4. The number of benzene rings is 5. The molecule has 0 saturated heterocycles. The van der Waals surface area contributed by atoms with Gasteiger partial charge in [0, 0.05) is 74.1 Å². The van der Waals surface area contributed by atoms with Crippen LogP contribution in [0.5, 0.6) is 0 Å². The van der Waals surface area contributed by atoms with Crippen molar-refractivity contribution in [2.24, 2.45) is 34.5 Å². The molecule has 578 valence electrons. The van der Waals surface area contributed by atoms with Crippen LogP contribution in [-0.2, 0) is 88.0 Å². The second-order valence-electron chi connectivity index (χ2n) is 28.8. The van der Waals surface area contributed by atoms with Crippen molar-refractivity contribution in [3.05, 3.63) is 155 Å². The van der Waals surface area contributed by atoms with Crippen LogP contribution in [0.4, 0.5) is 39.5 Å². The Balaban J connectivity index is 0.000000164. The molecule has 8 aliphatic carbocycles. The van der Waals surface area contributed by atoms with Crippen LogP contribution in [0.2, 0.25) is 0 Å². The van der Waals surface area contributed by atoms with Gasteiger partial charge in [-0.3, -0.25) is 9.59 Å². The molecule has 15 rings (SSSR count). The summed E-state index contributed by atoms with van der Waals surface area (Å²) < 4.78 is 261. The fourth-order valence-electron chi connectivity index (χ4n) is 15.7. The highest BCUT2D eigenvalue weighted by atomic mass is 32.2. The van der Waals surface area contributed by atoms with E-state index in [0.29, 0.717) is 46.3 Å². The molecule has 8 aliphatic rings. The Morgan fingerprint density at radius 3 is 1.10 bits per heavy atom. The number of ether oxygens (including phenoxy) is 2. The molecule has 0 spiro atoms. The summed E-state index contributed by atoms with van der Waals surface area (Å²) in [6.45, 7) is 0.321. The number of nitrogens with zero attached hydrogens (tertiary/aromatic N) is 1. The molecule has 2 heterocycles. The van der Waals surface area contributed by atoms with Gasteiger partial charge in [-0.25, -0.2) is 42.1 Å². The molecular formula is C69H78F9NO19S7. The molecule has 8 saturated carbocycles. The predicted molar refractivity (Wildman–Crippen MR) is 371 cm³/mol. The molecule has 105 heavy (non-hydrogen) atoms. The molecule has 7 aromatic rings. The topological polar surface area (TPSA) is 333 Å². The summed E-state index contributed by atoms with van der Waals surface area (Å²) >= 11 is 0. The molecule has 5 aromatic carbocycles. The molecule has 36 heteroatoms. The van der Waals surface area contributed by atoms with Gasteiger partial charge in [0.2, 0.25) is 0 Å². The van der Waals surface area contributed by atoms with E-state index in [1.54, 1.807) is 0 Å². The van der Waals surface area contributed by atoms with Crippen molar-refractivity contribution >= 4 is 103 Å². The van der Waals surface area contributed by atoms with Gasteiger partial charge in [-0.1, -0.05) is 54.6 Å². The van der Waals surface area contributed by atoms with E-state index in [0.717, 1.165) is 132 Å². The Kier molecular flexibility index (Phi) is 25.3. The highest BCUT2D eigenvalue weighted by molar-refractivity contribution is 7.91. The number of sulfone groups is 2. The second kappa shape index (κ2) is 31.4. The maximum atomic E-state index is 13.3. The van der Waals surface area contributed by atoms with Gasteiger partial charge in [-0.15, -0.1) is 0 Å². The number of fused-ring (bicyclic) bond motifs is 2. The minimum Gasteiger partial charge on any atom is -0.748 e. The van der Waals surface area contributed by atoms with E-state index in [2.05, 4.69) is 51.5 Å². The number of rotatable bonds is 14. The number of hydrogen-bond donors (Lipinski definition) is 2. The van der Waals surface area contributed by atoms with Gasteiger partial charge in [0.25, 0.3) is 0 Å². The lowest BCUT2D eigenvalue weighted by Crippen LogP contribution is -2.58. The van der Waals surface area contributed by atoms with Crippen molar-refractivity contribution in [3.8, 4) is 9.79 Å². The third kappa shape index (κ3) is 22.5. The average Bonchev–Trinajstić information content (AvgIpc) is 1.62. The Morgan fingerprint density at radius 2 is 0.819 bits per heavy atom. The number of thiophene rings is 2. The molecule has 20 nitrogen and oxygen atoms in total. The van der Waals surface area contributed by atoms with Gasteiger partial charge in [-0.2, -0.15) is 39.5 Å². The summed E-state index contributed by atoms with van der Waals surface area (Å²) in [5.74, 6) is -0.816. The predicted octanol–water partition coefficient (Wildman–Crippen LogP) is 12.8. The van der Waals surface area contributed by atoms with E-state index in [9.17, 15) is 102 Å². The highest BCUT2D eigenvalue weighted by Gasteiger charge is 2.62. The van der Waals surface area contributed by atoms with Crippen LogP contribution in [0.25, 0.3) is 30.0 Å². The maximum Gasteiger partial charge on any atom is 0.485 e. The van der Waals surface area contributed by atoms with Crippen LogP contribution in [0.15, 0.2) is 148 Å². The number of carbonyl (C=O) groups is 2. The SMILES string of the molecule is CS(=O)(=O)c1ccc(-[s+]2ccc3ccccc32)cc1C(F)(F)F.CS(=O)(=O)c1ccc(-[s+]2ccc3ccccc32)cc1C(F)(F)F.C[N+](C)(C)Cc1ccccc1.O=C(OCCS(=O)(=O)[O-])C12CC3CC(CC(O)(C3)C1)C2.O=C(OCCS(=O)(=O)[O-])C12CC3CC(CC(O)(C3)C1)C2.O=S(=O)([O-])C(F)(F)F. The largest absolute Gasteiger partial charge is 0.748 e. The molecular weight excluding hydrogens is 1540 g/mol. The standard InChI is InChI=1S/2C16H12F3O2S2.2C13H20O6S.C10H16N.CHF3O3S/c2*1-23(20,21)15-7-6-12(10-13(15)16(17,18)19)22-9-8-11-4-2-3-5-14(11)22;2*14-11(19-1-2-20(16,17)18)12-4-9-3-10(5-12)7-13(15,6-9)8-12;1-11(2,3)9-10-7-5-4-6-8-10;2-1(3,4)8(5,6)7/h2*2-10H,1H3;2*9-10,15H,1-8H2,(H,16,17,18);4-8H,9H2,1-3H3;(H,5,6,7)/q2*+1;;;+1;/p-3. The summed E-state index contributed by atoms with van der Waals surface area (Å²) in [6.07, 6.45) is 0.968. The van der Waals surface area contributed by atoms with Crippen molar-refractivity contribution in [1.82, 2.24) is 0 Å². The van der Waals surface area contributed by atoms with Crippen molar-refractivity contribution in [1.29, 1.82) is 0 Å². The van der Waals surface area contributed by atoms with Crippen molar-refractivity contribution in [2.75, 3.05) is 58.4 Å². The lowest BCUT2D eigenvalue weighted by Gasteiger charge is -2.58. The minimum absolute atomic E-state index is 0.358. The third-order valence-electron chi connectivity index (χ3n) is 18.7. The smallest absolute Gasteiger partial charge is 0.485 e. The van der Waals surface area contributed by atoms with Gasteiger partial charge in [0.15, 0.2) is 49.0 Å². The molecule has 2 aromatic heterocycles. The van der Waals surface area contributed by atoms with E-state index >= 15 is 0 Å². The highest BCUT2D eigenvalue weighted by Crippen LogP contribution is 2.63. The molecule has 6 unspecified atom stereocenters. The van der Waals surface area contributed by atoms with Crippen molar-refractivity contribution in [2.45, 2.75) is 122 Å². The second-order valence-corrected chi connectivity index (χ2v) is 40.9. The summed E-state index contributed by atoms with van der Waals surface area (Å²) in [5, 5.41) is 26.7. The lowest BCUT2D eigenvalue weighted by molar-refractivity contribution is -0.884. The van der Waals surface area contributed by atoms with E-state index in [4.69, 9.17) is 22.4 Å². The summed E-state index contributed by atoms with van der Waals surface area (Å²) in [5.41, 5.74) is -9.30. The number of alkyl halides is 9. The summed E-state index contributed by atoms with van der Waals surface area (Å²) in [4.78, 5) is 24.1. The number of halogens is 9. The van der Waals surface area contributed by atoms with Crippen LogP contribution >= 0.6 is 20.9 Å². The first kappa shape index (κ1) is 84.5. The van der Waals surface area contributed by atoms with Gasteiger partial charge in [0.1, 0.15) is 30.5 Å². The maximum absolute atomic E-state index is 13.3. The number of esters is 2. The Labute approximate surface area is 608 Å². The molecule has 0 radical (unpaired) electrons. The number of carbonyl (C=O) groups excluding carboxylic acids is 2. The quantitative estimate of drug-likeness (QED) is 0.0255. The summed E-state index contributed by atoms with van der Waals surface area (Å²) in [6, 6.07) is 36.2. The fourth-order valence-corrected chi connectivity index (χ4v) is 21.9. The van der Waals surface area contributed by atoms with Crippen LogP contribution in [0.1, 0.15) is 93.7 Å². The lowest BCUT2D eigenvalue weighted by atomic mass is 9.48. The van der Waals surface area contributed by atoms with Crippen molar-refractivity contribution < 1.29 is 129 Å².